The highest BCUT2D eigenvalue weighted by Crippen LogP contribution is 2.10. The molecule has 0 heterocycles. The fraction of sp³-hybridized carbons (Fsp3) is 0.632. The topological polar surface area (TPSA) is 59.9 Å². The normalized spacial score (nSPS) is 12.6. The number of hydrogen-bond donors (Lipinski definition) is 3. The lowest BCUT2D eigenvalue weighted by atomic mass is 10.2. The smallest absolute Gasteiger partial charge is 0.191 e. The van der Waals surface area contributed by atoms with Gasteiger partial charge in [0.05, 0.1) is 6.54 Å². The second-order valence-corrected chi connectivity index (χ2v) is 6.08. The van der Waals surface area contributed by atoms with Crippen LogP contribution in [0.15, 0.2) is 29.3 Å². The molecule has 144 valence electrons. The van der Waals surface area contributed by atoms with E-state index >= 15 is 0 Å². The molecular weight excluding hydrogens is 427 g/mol. The molecular formula is C19H35IN4O. The minimum absolute atomic E-state index is 0. The second-order valence-electron chi connectivity index (χ2n) is 6.08. The SMILES string of the molecule is CCNC(=NCc1ccc(O)cc1)NC(C)CCCN(CC)CC.I. The third kappa shape index (κ3) is 10.5. The lowest BCUT2D eigenvalue weighted by Crippen LogP contribution is -2.42. The molecule has 0 aromatic heterocycles. The highest BCUT2D eigenvalue weighted by Gasteiger charge is 2.06. The lowest BCUT2D eigenvalue weighted by Gasteiger charge is -2.21. The maximum atomic E-state index is 9.33. The molecule has 1 atom stereocenters. The van der Waals surface area contributed by atoms with Crippen LogP contribution in [0.5, 0.6) is 5.75 Å². The highest BCUT2D eigenvalue weighted by atomic mass is 127. The molecule has 25 heavy (non-hydrogen) atoms. The number of aliphatic imine (C=N–C) groups is 1. The van der Waals surface area contributed by atoms with Crippen molar-refractivity contribution in [1.29, 1.82) is 0 Å². The summed E-state index contributed by atoms with van der Waals surface area (Å²) in [7, 11) is 0. The zero-order valence-electron chi connectivity index (χ0n) is 16.1. The van der Waals surface area contributed by atoms with Crippen LogP contribution in [0.1, 0.15) is 46.1 Å². The zero-order valence-corrected chi connectivity index (χ0v) is 18.4. The van der Waals surface area contributed by atoms with Crippen molar-refractivity contribution in [3.8, 4) is 5.75 Å². The Morgan fingerprint density at radius 1 is 1.16 bits per heavy atom. The molecule has 5 nitrogen and oxygen atoms in total. The zero-order chi connectivity index (χ0) is 17.8. The molecule has 1 rings (SSSR count). The van der Waals surface area contributed by atoms with Gasteiger partial charge in [0, 0.05) is 12.6 Å². The maximum Gasteiger partial charge on any atom is 0.191 e. The standard InChI is InChI=1S/C19H34N4O.HI/c1-5-20-19(21-15-17-10-12-18(24)13-11-17)22-16(4)9-8-14-23(6-2)7-3;/h10-13,16,24H,5-9,14-15H2,1-4H3,(H2,20,21,22);1H. The van der Waals surface area contributed by atoms with Crippen molar-refractivity contribution < 1.29 is 5.11 Å². The Kier molecular flexibility index (Phi) is 13.6. The first-order valence-electron chi connectivity index (χ1n) is 9.14. The summed E-state index contributed by atoms with van der Waals surface area (Å²) < 4.78 is 0. The van der Waals surface area contributed by atoms with Gasteiger partial charge in [-0.3, -0.25) is 0 Å². The second kappa shape index (κ2) is 14.2. The molecule has 0 bridgehead atoms. The van der Waals surface area contributed by atoms with Crippen molar-refractivity contribution in [1.82, 2.24) is 15.5 Å². The third-order valence-electron chi connectivity index (χ3n) is 4.09. The number of aromatic hydroxyl groups is 1. The summed E-state index contributed by atoms with van der Waals surface area (Å²) in [5.74, 6) is 1.13. The van der Waals surface area contributed by atoms with Crippen molar-refractivity contribution in [2.24, 2.45) is 4.99 Å². The minimum atomic E-state index is 0. The number of nitrogens with zero attached hydrogens (tertiary/aromatic N) is 2. The summed E-state index contributed by atoms with van der Waals surface area (Å²) in [5.41, 5.74) is 1.08. The van der Waals surface area contributed by atoms with Gasteiger partial charge in [0.1, 0.15) is 5.75 Å². The van der Waals surface area contributed by atoms with E-state index in [0.29, 0.717) is 12.6 Å². The lowest BCUT2D eigenvalue weighted by molar-refractivity contribution is 0.292. The fourth-order valence-electron chi connectivity index (χ4n) is 2.56. The number of phenolic OH excluding ortho intramolecular Hbond substituents is 1. The predicted octanol–water partition coefficient (Wildman–Crippen LogP) is 3.58. The van der Waals surface area contributed by atoms with Gasteiger partial charge >= 0.3 is 0 Å². The average Bonchev–Trinajstić information content (AvgIpc) is 2.58. The minimum Gasteiger partial charge on any atom is -0.508 e. The molecule has 0 amide bonds. The van der Waals surface area contributed by atoms with E-state index in [2.05, 4.69) is 48.2 Å². The summed E-state index contributed by atoms with van der Waals surface area (Å²) in [6.45, 7) is 13.5. The van der Waals surface area contributed by atoms with E-state index in [1.807, 2.05) is 12.1 Å². The Labute approximate surface area is 170 Å². The number of benzene rings is 1. The maximum absolute atomic E-state index is 9.33. The largest absolute Gasteiger partial charge is 0.508 e. The summed E-state index contributed by atoms with van der Waals surface area (Å²) in [4.78, 5) is 7.09. The number of rotatable bonds is 10. The Morgan fingerprint density at radius 3 is 2.36 bits per heavy atom. The monoisotopic (exact) mass is 462 g/mol. The van der Waals surface area contributed by atoms with E-state index in [1.165, 1.54) is 6.42 Å². The molecule has 1 aromatic rings. The molecule has 0 fully saturated rings. The van der Waals surface area contributed by atoms with Gasteiger partial charge in [0.15, 0.2) is 5.96 Å². The number of nitrogens with one attached hydrogen (secondary N) is 2. The summed E-state index contributed by atoms with van der Waals surface area (Å²) in [6.07, 6.45) is 2.31. The molecule has 0 saturated heterocycles. The molecule has 0 aliphatic heterocycles. The third-order valence-corrected chi connectivity index (χ3v) is 4.09. The van der Waals surface area contributed by atoms with Crippen molar-refractivity contribution in [3.05, 3.63) is 29.8 Å². The van der Waals surface area contributed by atoms with Gasteiger partial charge in [-0.25, -0.2) is 4.99 Å². The molecule has 0 radical (unpaired) electrons. The molecule has 0 saturated carbocycles. The highest BCUT2D eigenvalue weighted by molar-refractivity contribution is 14.0. The van der Waals surface area contributed by atoms with Crippen LogP contribution in [0, 0.1) is 0 Å². The Balaban J connectivity index is 0.00000576. The molecule has 0 aliphatic rings. The molecule has 3 N–H and O–H groups in total. The van der Waals surface area contributed by atoms with Gasteiger partial charge in [-0.05, 0) is 64.0 Å². The van der Waals surface area contributed by atoms with Crippen LogP contribution in [0.2, 0.25) is 0 Å². The predicted molar refractivity (Wildman–Crippen MR) is 118 cm³/mol. The first kappa shape index (κ1) is 24.0. The quantitative estimate of drug-likeness (QED) is 0.283. The van der Waals surface area contributed by atoms with Crippen LogP contribution in [0.4, 0.5) is 0 Å². The van der Waals surface area contributed by atoms with Crippen molar-refractivity contribution in [2.45, 2.75) is 53.1 Å². The number of hydrogen-bond acceptors (Lipinski definition) is 3. The van der Waals surface area contributed by atoms with Gasteiger partial charge in [-0.15, -0.1) is 24.0 Å². The number of halogens is 1. The number of guanidine groups is 1. The van der Waals surface area contributed by atoms with Gasteiger partial charge in [-0.2, -0.15) is 0 Å². The van der Waals surface area contributed by atoms with Crippen LogP contribution in [-0.4, -0.2) is 48.2 Å². The molecule has 6 heteroatoms. The summed E-state index contributed by atoms with van der Waals surface area (Å²) >= 11 is 0. The summed E-state index contributed by atoms with van der Waals surface area (Å²) in [5, 5.41) is 16.1. The number of phenols is 1. The van der Waals surface area contributed by atoms with Gasteiger partial charge in [0.2, 0.25) is 0 Å². The Hall–Kier alpha value is -1.02. The van der Waals surface area contributed by atoms with Crippen LogP contribution in [0.25, 0.3) is 0 Å². The fourth-order valence-corrected chi connectivity index (χ4v) is 2.56. The molecule has 0 spiro atoms. The van der Waals surface area contributed by atoms with Crippen LogP contribution >= 0.6 is 24.0 Å². The van der Waals surface area contributed by atoms with Crippen LogP contribution < -0.4 is 10.6 Å². The van der Waals surface area contributed by atoms with Gasteiger partial charge in [-0.1, -0.05) is 26.0 Å². The molecule has 1 aromatic carbocycles. The van der Waals surface area contributed by atoms with E-state index in [0.717, 1.165) is 44.1 Å². The average molecular weight is 462 g/mol. The van der Waals surface area contributed by atoms with E-state index in [9.17, 15) is 5.11 Å². The van der Waals surface area contributed by atoms with Crippen molar-refractivity contribution in [3.63, 3.8) is 0 Å². The van der Waals surface area contributed by atoms with Crippen molar-refractivity contribution in [2.75, 3.05) is 26.2 Å². The summed E-state index contributed by atoms with van der Waals surface area (Å²) in [6, 6.07) is 7.58. The van der Waals surface area contributed by atoms with Crippen molar-refractivity contribution >= 4 is 29.9 Å². The van der Waals surface area contributed by atoms with E-state index in [-0.39, 0.29) is 29.7 Å². The van der Waals surface area contributed by atoms with E-state index < -0.39 is 0 Å². The Bertz CT molecular complexity index is 475. The molecule has 1 unspecified atom stereocenters. The van der Waals surface area contributed by atoms with Crippen LogP contribution in [-0.2, 0) is 6.54 Å². The molecule has 0 aliphatic carbocycles. The first-order chi connectivity index (χ1) is 11.6. The van der Waals surface area contributed by atoms with Gasteiger partial charge in [0.25, 0.3) is 0 Å². The van der Waals surface area contributed by atoms with E-state index in [4.69, 9.17) is 0 Å². The van der Waals surface area contributed by atoms with Gasteiger partial charge < -0.3 is 20.6 Å². The Morgan fingerprint density at radius 2 is 1.80 bits per heavy atom. The van der Waals surface area contributed by atoms with Crippen LogP contribution in [0.3, 0.4) is 0 Å². The van der Waals surface area contributed by atoms with E-state index in [1.54, 1.807) is 12.1 Å². The first-order valence-corrected chi connectivity index (χ1v) is 9.14.